The van der Waals surface area contributed by atoms with E-state index in [0.29, 0.717) is 6.42 Å². The van der Waals surface area contributed by atoms with Gasteiger partial charge in [0, 0.05) is 30.1 Å². The summed E-state index contributed by atoms with van der Waals surface area (Å²) < 4.78 is 0. The van der Waals surface area contributed by atoms with Crippen molar-refractivity contribution in [3.8, 4) is 0 Å². The fourth-order valence-corrected chi connectivity index (χ4v) is 4.39. The minimum absolute atomic E-state index is 0.164. The van der Waals surface area contributed by atoms with Gasteiger partial charge in [-0.15, -0.1) is 0 Å². The first-order valence-electron chi connectivity index (χ1n) is 11.9. The number of nitrogens with one attached hydrogen (secondary N) is 3. The Bertz CT molecular complexity index is 1160. The molecule has 0 saturated carbocycles. The van der Waals surface area contributed by atoms with Gasteiger partial charge in [-0.3, -0.25) is 19.2 Å². The van der Waals surface area contributed by atoms with E-state index in [1.807, 2.05) is 24.3 Å². The summed E-state index contributed by atoms with van der Waals surface area (Å²) in [5.74, 6) is -4.71. The fourth-order valence-electron chi connectivity index (χ4n) is 4.39. The first kappa shape index (κ1) is 27.6. The molecule has 200 valence electrons. The highest BCUT2D eigenvalue weighted by atomic mass is 16.4. The minimum atomic E-state index is -1.43. The number of hydrogen-bond acceptors (Lipinski definition) is 7. The van der Waals surface area contributed by atoms with Crippen LogP contribution in [-0.4, -0.2) is 92.2 Å². The number of benzene rings is 1. The maximum absolute atomic E-state index is 13.1. The normalized spacial score (nSPS) is 17.7. The molecule has 0 aliphatic carbocycles. The zero-order valence-corrected chi connectivity index (χ0v) is 20.1. The van der Waals surface area contributed by atoms with E-state index in [-0.39, 0.29) is 25.8 Å². The number of nitrogens with two attached hydrogens (primary N) is 1. The first-order chi connectivity index (χ1) is 17.6. The van der Waals surface area contributed by atoms with Crippen molar-refractivity contribution in [1.82, 2.24) is 20.5 Å². The number of aliphatic carboxylic acids is 2. The number of rotatable bonds is 12. The van der Waals surface area contributed by atoms with E-state index in [0.717, 1.165) is 16.5 Å². The molecule has 1 aromatic heterocycles. The molecule has 0 spiro atoms. The van der Waals surface area contributed by atoms with E-state index in [1.165, 1.54) is 4.90 Å². The molecule has 1 aliphatic rings. The van der Waals surface area contributed by atoms with Gasteiger partial charge in [0.05, 0.1) is 12.6 Å². The molecule has 4 atom stereocenters. The molecular formula is C24H31N5O8. The van der Waals surface area contributed by atoms with Gasteiger partial charge in [0.15, 0.2) is 0 Å². The van der Waals surface area contributed by atoms with Crippen molar-refractivity contribution in [2.75, 3.05) is 13.2 Å². The average Bonchev–Trinajstić information content (AvgIpc) is 3.52. The second-order valence-corrected chi connectivity index (χ2v) is 8.94. The highest BCUT2D eigenvalue weighted by molar-refractivity contribution is 5.95. The lowest BCUT2D eigenvalue weighted by Crippen LogP contribution is -2.58. The Hall–Kier alpha value is -3.97. The fraction of sp³-hybridized carbons (Fsp3) is 0.458. The Labute approximate surface area is 212 Å². The van der Waals surface area contributed by atoms with Crippen molar-refractivity contribution in [3.63, 3.8) is 0 Å². The summed E-state index contributed by atoms with van der Waals surface area (Å²) in [5.41, 5.74) is 7.78. The molecule has 3 amide bonds. The van der Waals surface area contributed by atoms with Crippen molar-refractivity contribution in [2.45, 2.75) is 56.3 Å². The van der Waals surface area contributed by atoms with E-state index in [9.17, 15) is 34.2 Å². The number of carbonyl (C=O) groups is 5. The third-order valence-corrected chi connectivity index (χ3v) is 6.35. The van der Waals surface area contributed by atoms with Crippen molar-refractivity contribution in [3.05, 3.63) is 36.0 Å². The lowest BCUT2D eigenvalue weighted by molar-refractivity contribution is -0.145. The van der Waals surface area contributed by atoms with Gasteiger partial charge in [-0.05, 0) is 37.3 Å². The number of hydrogen-bond donors (Lipinski definition) is 7. The number of nitrogens with zero attached hydrogens (tertiary/aromatic N) is 1. The maximum atomic E-state index is 13.1. The van der Waals surface area contributed by atoms with Crippen LogP contribution in [0.15, 0.2) is 30.5 Å². The highest BCUT2D eigenvalue weighted by Gasteiger charge is 2.39. The third-order valence-electron chi connectivity index (χ3n) is 6.35. The maximum Gasteiger partial charge on any atom is 0.326 e. The van der Waals surface area contributed by atoms with E-state index in [2.05, 4.69) is 15.6 Å². The van der Waals surface area contributed by atoms with Crippen LogP contribution in [0.3, 0.4) is 0 Å². The molecule has 3 rings (SSSR count). The Balaban J connectivity index is 1.62. The molecule has 1 aromatic carbocycles. The summed E-state index contributed by atoms with van der Waals surface area (Å²) in [6.07, 6.45) is 1.85. The molecule has 2 heterocycles. The molecule has 1 saturated heterocycles. The van der Waals surface area contributed by atoms with Crippen molar-refractivity contribution < 1.29 is 39.3 Å². The second kappa shape index (κ2) is 12.3. The average molecular weight is 518 g/mol. The van der Waals surface area contributed by atoms with E-state index in [4.69, 9.17) is 10.8 Å². The Kier molecular flexibility index (Phi) is 9.20. The van der Waals surface area contributed by atoms with Gasteiger partial charge < -0.3 is 41.6 Å². The number of para-hydroxylation sites is 1. The number of carboxylic acids is 2. The number of fused-ring (bicyclic) bond motifs is 1. The second-order valence-electron chi connectivity index (χ2n) is 8.94. The number of amides is 3. The third kappa shape index (κ3) is 6.83. The van der Waals surface area contributed by atoms with Crippen LogP contribution in [0.25, 0.3) is 10.9 Å². The summed E-state index contributed by atoms with van der Waals surface area (Å²) in [4.78, 5) is 65.1. The highest BCUT2D eigenvalue weighted by Crippen LogP contribution is 2.20. The monoisotopic (exact) mass is 517 g/mol. The van der Waals surface area contributed by atoms with Gasteiger partial charge in [-0.25, -0.2) is 4.79 Å². The summed E-state index contributed by atoms with van der Waals surface area (Å²) in [6, 6.07) is 2.69. The van der Waals surface area contributed by atoms with Crippen molar-refractivity contribution >= 4 is 40.6 Å². The predicted molar refractivity (Wildman–Crippen MR) is 130 cm³/mol. The molecule has 8 N–H and O–H groups in total. The van der Waals surface area contributed by atoms with Gasteiger partial charge >= 0.3 is 11.9 Å². The molecule has 13 nitrogen and oxygen atoms in total. The predicted octanol–water partition coefficient (Wildman–Crippen LogP) is -1.06. The zero-order valence-electron chi connectivity index (χ0n) is 20.1. The number of aromatic nitrogens is 1. The number of likely N-dealkylation sites (tertiary alicyclic amines) is 1. The minimum Gasteiger partial charge on any atom is -0.481 e. The number of carbonyl (C=O) groups excluding carboxylic acids is 3. The largest absolute Gasteiger partial charge is 0.481 e. The van der Waals surface area contributed by atoms with Gasteiger partial charge in [-0.2, -0.15) is 0 Å². The first-order valence-corrected chi connectivity index (χ1v) is 11.9. The number of aliphatic hydroxyl groups excluding tert-OH is 1. The van der Waals surface area contributed by atoms with Crippen LogP contribution in [0.5, 0.6) is 0 Å². The molecular weight excluding hydrogens is 486 g/mol. The molecule has 2 aromatic rings. The SMILES string of the molecule is NC(Cc1c[nH]c2ccccc12)C(=O)NC(CO)C(=O)N1CCCC1C(=O)NC(CCC(=O)O)C(=O)O. The molecule has 37 heavy (non-hydrogen) atoms. The summed E-state index contributed by atoms with van der Waals surface area (Å²) in [7, 11) is 0. The molecule has 0 radical (unpaired) electrons. The molecule has 1 aliphatic heterocycles. The summed E-state index contributed by atoms with van der Waals surface area (Å²) in [5, 5.41) is 33.5. The lowest BCUT2D eigenvalue weighted by Gasteiger charge is -2.29. The number of aliphatic hydroxyl groups is 1. The van der Waals surface area contributed by atoms with Crippen LogP contribution < -0.4 is 16.4 Å². The summed E-state index contributed by atoms with van der Waals surface area (Å²) in [6.45, 7) is -0.566. The van der Waals surface area contributed by atoms with Crippen LogP contribution >= 0.6 is 0 Å². The summed E-state index contributed by atoms with van der Waals surface area (Å²) >= 11 is 0. The Morgan fingerprint density at radius 1 is 1.11 bits per heavy atom. The van der Waals surface area contributed by atoms with Crippen LogP contribution in [0.4, 0.5) is 0 Å². The van der Waals surface area contributed by atoms with Crippen LogP contribution in [-0.2, 0) is 30.4 Å². The van der Waals surface area contributed by atoms with E-state index >= 15 is 0 Å². The van der Waals surface area contributed by atoms with Gasteiger partial charge in [0.25, 0.3) is 0 Å². The zero-order chi connectivity index (χ0) is 27.1. The van der Waals surface area contributed by atoms with E-state index in [1.54, 1.807) is 6.20 Å². The van der Waals surface area contributed by atoms with Crippen LogP contribution in [0.1, 0.15) is 31.2 Å². The number of carboxylic acid groups (broad SMARTS) is 2. The smallest absolute Gasteiger partial charge is 0.326 e. The molecule has 13 heteroatoms. The van der Waals surface area contributed by atoms with Crippen LogP contribution in [0, 0.1) is 0 Å². The van der Waals surface area contributed by atoms with Crippen LogP contribution in [0.2, 0.25) is 0 Å². The van der Waals surface area contributed by atoms with E-state index < -0.39 is 66.9 Å². The Morgan fingerprint density at radius 2 is 1.84 bits per heavy atom. The molecule has 1 fully saturated rings. The van der Waals surface area contributed by atoms with Crippen molar-refractivity contribution in [1.29, 1.82) is 0 Å². The number of H-pyrrole nitrogens is 1. The lowest BCUT2D eigenvalue weighted by atomic mass is 10.0. The topological polar surface area (TPSA) is 215 Å². The van der Waals surface area contributed by atoms with Gasteiger partial charge in [-0.1, -0.05) is 18.2 Å². The van der Waals surface area contributed by atoms with Gasteiger partial charge in [0.2, 0.25) is 17.7 Å². The quantitative estimate of drug-likeness (QED) is 0.182. The van der Waals surface area contributed by atoms with Crippen molar-refractivity contribution in [2.24, 2.45) is 5.73 Å². The molecule has 0 bridgehead atoms. The Morgan fingerprint density at radius 3 is 2.51 bits per heavy atom. The molecule has 4 unspecified atom stereocenters. The van der Waals surface area contributed by atoms with Gasteiger partial charge in [0.1, 0.15) is 18.1 Å². The number of aromatic amines is 1. The standard InChI is InChI=1S/C24H31N5O8/c25-15(10-13-11-26-16-5-2-1-4-14(13)16)21(33)28-18(12-30)23(35)29-9-3-6-19(29)22(34)27-17(24(36)37)7-8-20(31)32/h1-2,4-5,11,15,17-19,26,30H,3,6-10,12,25H2,(H,27,34)(H,28,33)(H,31,32)(H,36,37).